The van der Waals surface area contributed by atoms with Crippen LogP contribution in [0.3, 0.4) is 0 Å². The molecule has 0 aliphatic heterocycles. The summed E-state index contributed by atoms with van der Waals surface area (Å²) in [5.41, 5.74) is -0.184. The number of ether oxygens (including phenoxy) is 2. The number of hydrogen-bond acceptors (Lipinski definition) is 5. The van der Waals surface area contributed by atoms with E-state index < -0.39 is 16.7 Å². The topological polar surface area (TPSA) is 78.7 Å². The predicted molar refractivity (Wildman–Crippen MR) is 75.2 cm³/mol. The highest BCUT2D eigenvalue weighted by Crippen LogP contribution is 2.22. The molecular formula is C15H12FNO5. The SMILES string of the molecule is COc1ccc(F)cc1COC(=O)c1ccccc1[N+](=O)[O-]. The Morgan fingerprint density at radius 3 is 2.68 bits per heavy atom. The van der Waals surface area contributed by atoms with E-state index >= 15 is 0 Å². The fourth-order valence-electron chi connectivity index (χ4n) is 1.89. The lowest BCUT2D eigenvalue weighted by Crippen LogP contribution is -2.08. The summed E-state index contributed by atoms with van der Waals surface area (Å²) in [7, 11) is 1.40. The first-order valence-corrected chi connectivity index (χ1v) is 6.26. The second-order valence-corrected chi connectivity index (χ2v) is 4.31. The second-order valence-electron chi connectivity index (χ2n) is 4.31. The van der Waals surface area contributed by atoms with Gasteiger partial charge in [0, 0.05) is 11.6 Å². The number of carbonyl (C=O) groups excluding carboxylic acids is 1. The Labute approximate surface area is 125 Å². The minimum absolute atomic E-state index is 0.164. The highest BCUT2D eigenvalue weighted by molar-refractivity contribution is 5.93. The number of halogens is 1. The van der Waals surface area contributed by atoms with Crippen molar-refractivity contribution in [1.82, 2.24) is 0 Å². The van der Waals surface area contributed by atoms with Crippen LogP contribution >= 0.6 is 0 Å². The Morgan fingerprint density at radius 2 is 2.00 bits per heavy atom. The second kappa shape index (κ2) is 6.66. The number of para-hydroxylation sites is 1. The first kappa shape index (κ1) is 15.4. The quantitative estimate of drug-likeness (QED) is 0.482. The summed E-state index contributed by atoms with van der Waals surface area (Å²) in [5.74, 6) is -1.01. The molecule has 0 radical (unpaired) electrons. The Kier molecular flexibility index (Phi) is 4.67. The van der Waals surface area contributed by atoms with E-state index in [1.807, 2.05) is 0 Å². The van der Waals surface area contributed by atoms with Crippen LogP contribution in [0.5, 0.6) is 5.75 Å². The molecule has 0 fully saturated rings. The van der Waals surface area contributed by atoms with E-state index in [9.17, 15) is 19.3 Å². The van der Waals surface area contributed by atoms with Gasteiger partial charge in [0.2, 0.25) is 0 Å². The molecule has 0 saturated carbocycles. The Bertz CT molecular complexity index is 717. The van der Waals surface area contributed by atoms with Crippen LogP contribution in [-0.4, -0.2) is 18.0 Å². The molecule has 7 heteroatoms. The van der Waals surface area contributed by atoms with Gasteiger partial charge >= 0.3 is 5.97 Å². The van der Waals surface area contributed by atoms with Gasteiger partial charge in [-0.3, -0.25) is 10.1 Å². The number of hydrogen-bond donors (Lipinski definition) is 0. The standard InChI is InChI=1S/C15H12FNO5/c1-21-14-7-6-11(16)8-10(14)9-22-15(18)12-4-2-3-5-13(12)17(19)20/h2-8H,9H2,1H3. The van der Waals surface area contributed by atoms with Crippen LogP contribution in [-0.2, 0) is 11.3 Å². The molecule has 0 aromatic heterocycles. The minimum Gasteiger partial charge on any atom is -0.496 e. The van der Waals surface area contributed by atoms with E-state index in [0.717, 1.165) is 0 Å². The molecular weight excluding hydrogens is 293 g/mol. The largest absolute Gasteiger partial charge is 0.496 e. The van der Waals surface area contributed by atoms with Crippen molar-refractivity contribution in [3.05, 3.63) is 69.5 Å². The number of methoxy groups -OCH3 is 1. The molecule has 2 aromatic carbocycles. The molecule has 0 spiro atoms. The van der Waals surface area contributed by atoms with Gasteiger partial charge in [-0.1, -0.05) is 12.1 Å². The maximum atomic E-state index is 13.2. The lowest BCUT2D eigenvalue weighted by atomic mass is 10.2. The molecule has 22 heavy (non-hydrogen) atoms. The molecule has 0 bridgehead atoms. The van der Waals surface area contributed by atoms with Crippen LogP contribution in [0.2, 0.25) is 0 Å². The molecule has 114 valence electrons. The molecule has 0 atom stereocenters. The van der Waals surface area contributed by atoms with Gasteiger partial charge < -0.3 is 9.47 Å². The average molecular weight is 305 g/mol. The van der Waals surface area contributed by atoms with Gasteiger partial charge in [0.15, 0.2) is 0 Å². The number of carbonyl (C=O) groups is 1. The number of nitro groups is 1. The van der Waals surface area contributed by atoms with Crippen molar-refractivity contribution in [2.45, 2.75) is 6.61 Å². The summed E-state index contributed by atoms with van der Waals surface area (Å²) in [6.45, 7) is -0.258. The molecule has 0 saturated heterocycles. The van der Waals surface area contributed by atoms with Gasteiger partial charge in [0.25, 0.3) is 5.69 Å². The van der Waals surface area contributed by atoms with Crippen molar-refractivity contribution in [2.24, 2.45) is 0 Å². The van der Waals surface area contributed by atoms with Crippen LogP contribution in [0, 0.1) is 15.9 Å². The van der Waals surface area contributed by atoms with Crippen molar-refractivity contribution in [2.75, 3.05) is 7.11 Å². The van der Waals surface area contributed by atoms with E-state index in [4.69, 9.17) is 9.47 Å². The van der Waals surface area contributed by atoms with Gasteiger partial charge in [-0.25, -0.2) is 9.18 Å². The van der Waals surface area contributed by atoms with Crippen molar-refractivity contribution < 1.29 is 23.6 Å². The summed E-state index contributed by atoms with van der Waals surface area (Å²) in [5, 5.41) is 10.9. The van der Waals surface area contributed by atoms with Crippen LogP contribution in [0.1, 0.15) is 15.9 Å². The summed E-state index contributed by atoms with van der Waals surface area (Å²) in [6.07, 6.45) is 0. The van der Waals surface area contributed by atoms with Crippen LogP contribution in [0.15, 0.2) is 42.5 Å². The maximum Gasteiger partial charge on any atom is 0.345 e. The zero-order chi connectivity index (χ0) is 16.1. The number of nitrogens with zero attached hydrogens (tertiary/aromatic N) is 1. The molecule has 0 aliphatic rings. The Hall–Kier alpha value is -2.96. The third-order valence-corrected chi connectivity index (χ3v) is 2.92. The van der Waals surface area contributed by atoms with Crippen LogP contribution < -0.4 is 4.74 Å². The molecule has 6 nitrogen and oxygen atoms in total. The average Bonchev–Trinajstić information content (AvgIpc) is 2.52. The molecule has 0 heterocycles. The van der Waals surface area contributed by atoms with E-state index in [0.29, 0.717) is 11.3 Å². The molecule has 0 aliphatic carbocycles. The summed E-state index contributed by atoms with van der Waals surface area (Å²) < 4.78 is 23.3. The maximum absolute atomic E-state index is 13.2. The van der Waals surface area contributed by atoms with Crippen molar-refractivity contribution in [3.63, 3.8) is 0 Å². The lowest BCUT2D eigenvalue weighted by Gasteiger charge is -2.09. The van der Waals surface area contributed by atoms with Gasteiger partial charge in [0.05, 0.1) is 12.0 Å². The zero-order valence-corrected chi connectivity index (χ0v) is 11.6. The van der Waals surface area contributed by atoms with Gasteiger partial charge in [-0.2, -0.15) is 0 Å². The van der Waals surface area contributed by atoms with E-state index in [-0.39, 0.29) is 17.9 Å². The van der Waals surface area contributed by atoms with Gasteiger partial charge in [-0.05, 0) is 24.3 Å². The van der Waals surface area contributed by atoms with Crippen molar-refractivity contribution in [3.8, 4) is 5.75 Å². The lowest BCUT2D eigenvalue weighted by molar-refractivity contribution is -0.385. The normalized spacial score (nSPS) is 10.1. The first-order chi connectivity index (χ1) is 10.5. The highest BCUT2D eigenvalue weighted by atomic mass is 19.1. The Balaban J connectivity index is 2.17. The first-order valence-electron chi connectivity index (χ1n) is 6.26. The van der Waals surface area contributed by atoms with E-state index in [1.165, 1.54) is 49.6 Å². The number of esters is 1. The van der Waals surface area contributed by atoms with Crippen LogP contribution in [0.4, 0.5) is 10.1 Å². The number of benzene rings is 2. The number of rotatable bonds is 5. The van der Waals surface area contributed by atoms with E-state index in [1.54, 1.807) is 0 Å². The highest BCUT2D eigenvalue weighted by Gasteiger charge is 2.20. The fourth-order valence-corrected chi connectivity index (χ4v) is 1.89. The van der Waals surface area contributed by atoms with Crippen molar-refractivity contribution in [1.29, 1.82) is 0 Å². The fraction of sp³-hybridized carbons (Fsp3) is 0.133. The van der Waals surface area contributed by atoms with Crippen molar-refractivity contribution >= 4 is 11.7 Å². The third kappa shape index (κ3) is 3.38. The van der Waals surface area contributed by atoms with Gasteiger partial charge in [-0.15, -0.1) is 0 Å². The monoisotopic (exact) mass is 305 g/mol. The third-order valence-electron chi connectivity index (χ3n) is 2.92. The molecule has 2 aromatic rings. The predicted octanol–water partition coefficient (Wildman–Crippen LogP) is 3.10. The van der Waals surface area contributed by atoms with E-state index in [2.05, 4.69) is 0 Å². The zero-order valence-electron chi connectivity index (χ0n) is 11.6. The Morgan fingerprint density at radius 1 is 1.27 bits per heavy atom. The van der Waals surface area contributed by atoms with Crippen LogP contribution in [0.25, 0.3) is 0 Å². The summed E-state index contributed by atoms with van der Waals surface area (Å²) in [6, 6.07) is 9.24. The molecule has 0 unspecified atom stereocenters. The summed E-state index contributed by atoms with van der Waals surface area (Å²) >= 11 is 0. The smallest absolute Gasteiger partial charge is 0.345 e. The molecule has 2 rings (SSSR count). The van der Waals surface area contributed by atoms with Gasteiger partial charge in [0.1, 0.15) is 23.7 Å². The minimum atomic E-state index is -0.862. The molecule has 0 N–H and O–H groups in total. The number of nitro benzene ring substituents is 1. The molecule has 0 amide bonds. The summed E-state index contributed by atoms with van der Waals surface area (Å²) in [4.78, 5) is 22.2.